The summed E-state index contributed by atoms with van der Waals surface area (Å²) in [7, 11) is 10.1. The molecule has 0 rings (SSSR count). The molecule has 0 saturated heterocycles. The molecule has 40 valence electrons. The highest BCUT2D eigenvalue weighted by Gasteiger charge is 1.49. The van der Waals surface area contributed by atoms with E-state index in [1.165, 1.54) is 0 Å². The minimum atomic E-state index is -1.25. The highest BCUT2D eigenvalue weighted by atomic mass is 36.0. The molecule has 0 heterocycles. The van der Waals surface area contributed by atoms with Gasteiger partial charge in [0.05, 0.1) is 10.2 Å². The second kappa shape index (κ2) is 16.5. The third kappa shape index (κ3) is 67.8. The molecule has 0 aromatic heterocycles. The largest absolute Gasteiger partial charge is 0.255 e. The lowest BCUT2D eigenvalue weighted by atomic mass is 18.8. The summed E-state index contributed by atoms with van der Waals surface area (Å²) in [6, 6.07) is 0. The predicted molar refractivity (Wildman–Crippen MR) is 29.1 cm³/mol. The molecule has 0 amide bonds. The van der Waals surface area contributed by atoms with Crippen LogP contribution < -0.4 is 0 Å². The van der Waals surface area contributed by atoms with Crippen LogP contribution in [0.15, 0.2) is 0 Å². The molecular weight excluding hydrogens is 173 g/mol. The van der Waals surface area contributed by atoms with E-state index in [-0.39, 0.29) is 0 Å². The van der Waals surface area contributed by atoms with E-state index in [9.17, 15) is 7.77 Å². The second-order valence-electron chi connectivity index (χ2n) is 0.117. The lowest BCUT2D eigenvalue weighted by Gasteiger charge is -1.40. The van der Waals surface area contributed by atoms with Crippen LogP contribution in [-0.4, -0.2) is 0 Å². The van der Waals surface area contributed by atoms with Crippen molar-refractivity contribution in [3.05, 3.63) is 0 Å². The molecule has 0 radical (unpaired) electrons. The molecule has 0 spiro atoms. The molecule has 0 nitrogen and oxygen atoms in total. The molecular formula is Cl2F2S2. The Morgan fingerprint density at radius 1 is 1.17 bits per heavy atom. The van der Waals surface area contributed by atoms with Crippen LogP contribution in [0, 0.1) is 0 Å². The van der Waals surface area contributed by atoms with Crippen LogP contribution in [0.4, 0.5) is 7.77 Å². The first-order chi connectivity index (χ1) is 2.83. The lowest BCUT2D eigenvalue weighted by Crippen LogP contribution is -0.884. The molecule has 0 aromatic carbocycles. The molecule has 0 aliphatic rings. The first-order valence-electron chi connectivity index (χ1n) is 0.617. The summed E-state index contributed by atoms with van der Waals surface area (Å²) in [6.45, 7) is 0. The van der Waals surface area contributed by atoms with Gasteiger partial charge in [0, 0.05) is 0 Å². The predicted octanol–water partition coefficient (Wildman–Crippen LogP) is 3.52. The van der Waals surface area contributed by atoms with E-state index in [0.717, 1.165) is 0 Å². The van der Waals surface area contributed by atoms with Gasteiger partial charge in [0.1, 0.15) is 0 Å². The monoisotopic (exact) mass is 172 g/mol. The normalized spacial score (nSPS) is 6.00. The number of hydrogen-bond donors (Lipinski definition) is 0. The molecule has 0 fully saturated rings. The SMILES string of the molecule is ClSCl.FSF. The minimum Gasteiger partial charge on any atom is -0.127 e. The van der Waals surface area contributed by atoms with E-state index >= 15 is 0 Å². The summed E-state index contributed by atoms with van der Waals surface area (Å²) < 4.78 is 19.1. The molecule has 0 saturated carbocycles. The Bertz CT molecular complexity index is 11.5. The van der Waals surface area contributed by atoms with E-state index < -0.39 is 12.5 Å². The fraction of sp³-hybridized carbons (Fsp3) is 0. The fourth-order valence-corrected chi connectivity index (χ4v) is 0. The van der Waals surface area contributed by atoms with Gasteiger partial charge in [0.2, 0.25) is 0 Å². The van der Waals surface area contributed by atoms with Crippen molar-refractivity contribution >= 4 is 44.1 Å². The van der Waals surface area contributed by atoms with Crippen molar-refractivity contribution in [2.45, 2.75) is 0 Å². The summed E-state index contributed by atoms with van der Waals surface area (Å²) >= 11 is -1.25. The van der Waals surface area contributed by atoms with E-state index in [0.29, 0.717) is 10.2 Å². The smallest absolute Gasteiger partial charge is 0.127 e. The molecule has 0 atom stereocenters. The van der Waals surface area contributed by atoms with Crippen molar-refractivity contribution in [2.75, 3.05) is 0 Å². The average Bonchev–Trinajstić information content (AvgIpc) is 1.39. The Morgan fingerprint density at radius 3 is 1.17 bits per heavy atom. The van der Waals surface area contributed by atoms with Crippen molar-refractivity contribution in [3.8, 4) is 0 Å². The van der Waals surface area contributed by atoms with E-state index in [2.05, 4.69) is 21.4 Å². The second-order valence-corrected chi connectivity index (χ2v) is 1.75. The van der Waals surface area contributed by atoms with Crippen LogP contribution in [0.1, 0.15) is 0 Å². The number of halogens is 4. The van der Waals surface area contributed by atoms with E-state index in [1.807, 2.05) is 0 Å². The van der Waals surface area contributed by atoms with Gasteiger partial charge in [-0.25, -0.2) is 0 Å². The van der Waals surface area contributed by atoms with Crippen molar-refractivity contribution in [1.82, 2.24) is 0 Å². The highest BCUT2D eigenvalue weighted by molar-refractivity contribution is 8.38. The summed E-state index contributed by atoms with van der Waals surface area (Å²) in [5, 5.41) is 0. The Kier molecular flexibility index (Phi) is 27.9. The third-order valence-corrected chi connectivity index (χ3v) is 0. The van der Waals surface area contributed by atoms with Gasteiger partial charge in [0.15, 0.2) is 0 Å². The fourth-order valence-electron chi connectivity index (χ4n) is 0. The molecule has 6 heavy (non-hydrogen) atoms. The summed E-state index contributed by atoms with van der Waals surface area (Å²) in [5.74, 6) is 0. The van der Waals surface area contributed by atoms with Gasteiger partial charge in [-0.05, 0) is 21.4 Å². The number of rotatable bonds is 0. The van der Waals surface area contributed by atoms with Gasteiger partial charge >= 0.3 is 0 Å². The van der Waals surface area contributed by atoms with E-state index in [4.69, 9.17) is 0 Å². The van der Waals surface area contributed by atoms with Gasteiger partial charge in [-0.1, -0.05) is 0 Å². The van der Waals surface area contributed by atoms with Crippen molar-refractivity contribution in [1.29, 1.82) is 0 Å². The lowest BCUT2D eigenvalue weighted by molar-refractivity contribution is 0.814. The van der Waals surface area contributed by atoms with Gasteiger partial charge < -0.3 is 0 Å². The molecule has 0 bridgehead atoms. The maximum absolute atomic E-state index is 9.54. The molecule has 0 aromatic rings. The van der Waals surface area contributed by atoms with Crippen LogP contribution in [-0.2, 0) is 0 Å². The zero-order chi connectivity index (χ0) is 5.41. The van der Waals surface area contributed by atoms with Crippen LogP contribution in [0.3, 0.4) is 0 Å². The van der Waals surface area contributed by atoms with E-state index in [1.54, 1.807) is 0 Å². The Hall–Kier alpha value is 1.14. The number of hydrogen-bond acceptors (Lipinski definition) is 2. The van der Waals surface area contributed by atoms with Gasteiger partial charge in [-0.2, -0.15) is 0 Å². The third-order valence-electron chi connectivity index (χ3n) is 0. The Labute approximate surface area is 52.2 Å². The van der Waals surface area contributed by atoms with Crippen molar-refractivity contribution in [3.63, 3.8) is 0 Å². The first-order valence-corrected chi connectivity index (χ1v) is 3.70. The zero-order valence-electron chi connectivity index (χ0n) is 2.33. The van der Waals surface area contributed by atoms with Gasteiger partial charge in [-0.15, -0.1) is 7.77 Å². The van der Waals surface area contributed by atoms with Crippen molar-refractivity contribution < 1.29 is 7.77 Å². The maximum atomic E-state index is 9.54. The molecule has 0 aliphatic heterocycles. The quantitative estimate of drug-likeness (QED) is 0.549. The van der Waals surface area contributed by atoms with Crippen LogP contribution in [0.5, 0.6) is 0 Å². The average molecular weight is 173 g/mol. The minimum absolute atomic E-state index is 0.694. The van der Waals surface area contributed by atoms with Gasteiger partial charge in [0.25, 0.3) is 12.5 Å². The Morgan fingerprint density at radius 2 is 1.17 bits per heavy atom. The van der Waals surface area contributed by atoms with Gasteiger partial charge in [-0.3, -0.25) is 0 Å². The highest BCUT2D eigenvalue weighted by Crippen LogP contribution is 2.08. The van der Waals surface area contributed by atoms with Crippen molar-refractivity contribution in [2.24, 2.45) is 0 Å². The first kappa shape index (κ1) is 10.2. The Balaban J connectivity index is 0. The van der Waals surface area contributed by atoms with Crippen LogP contribution in [0.25, 0.3) is 0 Å². The molecule has 0 N–H and O–H groups in total. The van der Waals surface area contributed by atoms with Crippen LogP contribution in [0.2, 0.25) is 0 Å². The summed E-state index contributed by atoms with van der Waals surface area (Å²) in [4.78, 5) is 0. The summed E-state index contributed by atoms with van der Waals surface area (Å²) in [5.41, 5.74) is 0. The zero-order valence-corrected chi connectivity index (χ0v) is 5.47. The molecule has 0 aliphatic carbocycles. The van der Waals surface area contributed by atoms with Crippen LogP contribution >= 0.6 is 44.1 Å². The molecule has 0 unspecified atom stereocenters. The maximum Gasteiger partial charge on any atom is 0.255 e. The topological polar surface area (TPSA) is 0 Å². The summed E-state index contributed by atoms with van der Waals surface area (Å²) in [6.07, 6.45) is 0. The molecule has 6 heteroatoms. The standard InChI is InChI=1S/Cl2S.F2S/c2*1-3-2.